The lowest BCUT2D eigenvalue weighted by molar-refractivity contribution is -0.152. The number of likely N-dealkylation sites (tertiary alicyclic amines) is 1. The van der Waals surface area contributed by atoms with Gasteiger partial charge in [0.1, 0.15) is 0 Å². The lowest BCUT2D eigenvalue weighted by Crippen LogP contribution is -2.44. The molecule has 0 saturated carbocycles. The number of carbonyl (C=O) groups is 2. The van der Waals surface area contributed by atoms with Crippen molar-refractivity contribution in [1.82, 2.24) is 4.90 Å². The van der Waals surface area contributed by atoms with E-state index < -0.39 is 17.9 Å². The molecule has 114 valence electrons. The third kappa shape index (κ3) is 2.74. The van der Waals surface area contributed by atoms with Crippen molar-refractivity contribution in [2.24, 2.45) is 5.92 Å². The molecule has 5 nitrogen and oxygen atoms in total. The summed E-state index contributed by atoms with van der Waals surface area (Å²) >= 11 is 0. The van der Waals surface area contributed by atoms with Crippen LogP contribution in [0.4, 0.5) is 0 Å². The molecule has 2 aromatic rings. The van der Waals surface area contributed by atoms with Crippen molar-refractivity contribution < 1.29 is 19.1 Å². The summed E-state index contributed by atoms with van der Waals surface area (Å²) in [7, 11) is 0. The second-order valence-electron chi connectivity index (χ2n) is 5.49. The van der Waals surface area contributed by atoms with Crippen molar-refractivity contribution in [3.8, 4) is 0 Å². The predicted octanol–water partition coefficient (Wildman–Crippen LogP) is 2.84. The van der Waals surface area contributed by atoms with Crippen LogP contribution in [0.1, 0.15) is 30.0 Å². The maximum Gasteiger partial charge on any atom is 0.308 e. The van der Waals surface area contributed by atoms with Gasteiger partial charge in [0, 0.05) is 18.5 Å². The highest BCUT2D eigenvalue weighted by Crippen LogP contribution is 2.37. The van der Waals surface area contributed by atoms with Crippen LogP contribution in [0, 0.1) is 5.92 Å². The van der Waals surface area contributed by atoms with Gasteiger partial charge in [0.2, 0.25) is 5.91 Å². The van der Waals surface area contributed by atoms with Gasteiger partial charge < -0.3 is 14.4 Å². The fourth-order valence-corrected chi connectivity index (χ4v) is 3.04. The van der Waals surface area contributed by atoms with E-state index in [1.165, 1.54) is 0 Å². The van der Waals surface area contributed by atoms with Gasteiger partial charge in [0.05, 0.1) is 24.5 Å². The zero-order valence-electron chi connectivity index (χ0n) is 12.0. The molecule has 0 radical (unpaired) electrons. The molecule has 1 amide bonds. The van der Waals surface area contributed by atoms with Crippen molar-refractivity contribution in [2.75, 3.05) is 0 Å². The summed E-state index contributed by atoms with van der Waals surface area (Å²) in [5.41, 5.74) is 1.71. The van der Waals surface area contributed by atoms with Gasteiger partial charge in [-0.1, -0.05) is 30.3 Å². The molecule has 1 N–H and O–H groups in total. The molecule has 1 saturated heterocycles. The van der Waals surface area contributed by atoms with Crippen LogP contribution in [-0.4, -0.2) is 21.9 Å². The maximum atomic E-state index is 12.4. The minimum atomic E-state index is -0.862. The molecule has 2 atom stereocenters. The van der Waals surface area contributed by atoms with Crippen molar-refractivity contribution in [1.29, 1.82) is 0 Å². The van der Waals surface area contributed by atoms with E-state index in [9.17, 15) is 14.7 Å². The van der Waals surface area contributed by atoms with Gasteiger partial charge in [-0.3, -0.25) is 9.59 Å². The molecule has 1 aliphatic heterocycles. The maximum absolute atomic E-state index is 12.4. The quantitative estimate of drug-likeness (QED) is 0.942. The number of rotatable bonds is 4. The zero-order valence-corrected chi connectivity index (χ0v) is 12.0. The Bertz CT molecular complexity index is 651. The summed E-state index contributed by atoms with van der Waals surface area (Å²) in [6.45, 7) is 0.360. The van der Waals surface area contributed by atoms with Gasteiger partial charge in [-0.15, -0.1) is 0 Å². The molecule has 2 heterocycles. The first kappa shape index (κ1) is 14.4. The van der Waals surface area contributed by atoms with Crippen molar-refractivity contribution in [2.45, 2.75) is 25.4 Å². The number of hydrogen-bond acceptors (Lipinski definition) is 3. The van der Waals surface area contributed by atoms with Crippen LogP contribution in [0.5, 0.6) is 0 Å². The molecule has 3 rings (SSSR count). The highest BCUT2D eigenvalue weighted by atomic mass is 16.4. The Hall–Kier alpha value is -2.56. The van der Waals surface area contributed by atoms with Crippen molar-refractivity contribution in [3.05, 3.63) is 60.1 Å². The number of nitrogens with zero attached hydrogens (tertiary/aromatic N) is 1. The Morgan fingerprint density at radius 1 is 1.27 bits per heavy atom. The van der Waals surface area contributed by atoms with Gasteiger partial charge in [-0.25, -0.2) is 0 Å². The van der Waals surface area contributed by atoms with Crippen LogP contribution in [0.15, 0.2) is 53.3 Å². The van der Waals surface area contributed by atoms with Crippen LogP contribution >= 0.6 is 0 Å². The van der Waals surface area contributed by atoms with Gasteiger partial charge in [0.25, 0.3) is 0 Å². The van der Waals surface area contributed by atoms with Crippen LogP contribution in [-0.2, 0) is 16.1 Å². The van der Waals surface area contributed by atoms with E-state index in [4.69, 9.17) is 4.42 Å². The highest BCUT2D eigenvalue weighted by molar-refractivity contribution is 5.81. The fraction of sp³-hybridized carbons (Fsp3) is 0.294. The molecular formula is C17H17NO4. The zero-order chi connectivity index (χ0) is 15.5. The second-order valence-corrected chi connectivity index (χ2v) is 5.49. The average molecular weight is 299 g/mol. The third-order valence-corrected chi connectivity index (χ3v) is 4.10. The second kappa shape index (κ2) is 6.05. The number of carboxylic acids is 1. The molecule has 1 fully saturated rings. The molecular weight excluding hydrogens is 282 g/mol. The molecule has 1 aromatic carbocycles. The number of aliphatic carboxylic acids is 1. The number of amides is 1. The molecule has 22 heavy (non-hydrogen) atoms. The van der Waals surface area contributed by atoms with E-state index >= 15 is 0 Å². The van der Waals surface area contributed by atoms with Crippen LogP contribution < -0.4 is 0 Å². The Kier molecular flexibility index (Phi) is 3.96. The third-order valence-electron chi connectivity index (χ3n) is 4.10. The van der Waals surface area contributed by atoms with E-state index in [2.05, 4.69) is 0 Å². The first-order chi connectivity index (χ1) is 10.7. The monoisotopic (exact) mass is 299 g/mol. The Morgan fingerprint density at radius 3 is 2.68 bits per heavy atom. The van der Waals surface area contributed by atoms with Crippen molar-refractivity contribution in [3.63, 3.8) is 0 Å². The van der Waals surface area contributed by atoms with Crippen LogP contribution in [0.3, 0.4) is 0 Å². The van der Waals surface area contributed by atoms with Gasteiger partial charge in [0.15, 0.2) is 0 Å². The topological polar surface area (TPSA) is 70.8 Å². The molecule has 5 heteroatoms. The highest BCUT2D eigenvalue weighted by Gasteiger charge is 2.40. The van der Waals surface area contributed by atoms with E-state index in [0.29, 0.717) is 13.0 Å². The van der Waals surface area contributed by atoms with E-state index in [1.54, 1.807) is 23.5 Å². The van der Waals surface area contributed by atoms with Gasteiger partial charge in [-0.2, -0.15) is 0 Å². The molecule has 0 spiro atoms. The summed E-state index contributed by atoms with van der Waals surface area (Å²) < 4.78 is 5.05. The first-order valence-corrected chi connectivity index (χ1v) is 7.25. The van der Waals surface area contributed by atoms with E-state index in [-0.39, 0.29) is 12.3 Å². The molecule has 0 bridgehead atoms. The van der Waals surface area contributed by atoms with Crippen LogP contribution in [0.2, 0.25) is 0 Å². The number of furan rings is 1. The Balaban J connectivity index is 1.98. The summed E-state index contributed by atoms with van der Waals surface area (Å²) in [6, 6.07) is 10.7. The number of carbonyl (C=O) groups excluding carboxylic acids is 1. The SMILES string of the molecule is O=C(O)C1CCC(=O)N(Cc2ccoc2)C1c1ccccc1. The van der Waals surface area contributed by atoms with Gasteiger partial charge in [-0.05, 0) is 18.1 Å². The smallest absolute Gasteiger partial charge is 0.308 e. The Morgan fingerprint density at radius 2 is 2.05 bits per heavy atom. The molecule has 1 aromatic heterocycles. The lowest BCUT2D eigenvalue weighted by Gasteiger charge is -2.39. The number of hydrogen-bond donors (Lipinski definition) is 1. The minimum absolute atomic E-state index is 0.0208. The average Bonchev–Trinajstić information content (AvgIpc) is 3.03. The van der Waals surface area contributed by atoms with E-state index in [1.807, 2.05) is 30.3 Å². The molecule has 1 aliphatic rings. The van der Waals surface area contributed by atoms with Crippen LogP contribution in [0.25, 0.3) is 0 Å². The number of benzene rings is 1. The summed E-state index contributed by atoms with van der Waals surface area (Å²) in [4.78, 5) is 25.7. The summed E-state index contributed by atoms with van der Waals surface area (Å²) in [6.07, 6.45) is 3.77. The largest absolute Gasteiger partial charge is 0.481 e. The fourth-order valence-electron chi connectivity index (χ4n) is 3.04. The lowest BCUT2D eigenvalue weighted by atomic mass is 9.84. The van der Waals surface area contributed by atoms with Crippen molar-refractivity contribution >= 4 is 11.9 Å². The standard InChI is InChI=1S/C17H17NO4/c19-15-7-6-14(17(20)21)16(13-4-2-1-3-5-13)18(15)10-12-8-9-22-11-12/h1-5,8-9,11,14,16H,6-7,10H2,(H,20,21). The Labute approximate surface area is 128 Å². The normalized spacial score (nSPS) is 21.8. The summed E-state index contributed by atoms with van der Waals surface area (Å²) in [5.74, 6) is -1.47. The van der Waals surface area contributed by atoms with E-state index in [0.717, 1.165) is 11.1 Å². The number of piperidine rings is 1. The first-order valence-electron chi connectivity index (χ1n) is 7.25. The summed E-state index contributed by atoms with van der Waals surface area (Å²) in [5, 5.41) is 9.54. The number of carboxylic acid groups (broad SMARTS) is 1. The molecule has 0 aliphatic carbocycles. The molecule has 2 unspecified atom stereocenters. The van der Waals surface area contributed by atoms with Gasteiger partial charge >= 0.3 is 5.97 Å². The predicted molar refractivity (Wildman–Crippen MR) is 78.8 cm³/mol. The minimum Gasteiger partial charge on any atom is -0.481 e.